The molecule has 0 aliphatic rings. The molecule has 0 aliphatic heterocycles. The number of imidazole rings is 1. The fraction of sp³-hybridized carbons (Fsp3) is 0.357. The Morgan fingerprint density at radius 3 is 2.52 bits per heavy atom. The van der Waals surface area contributed by atoms with E-state index in [0.29, 0.717) is 23.7 Å². The number of nitrogens with one attached hydrogen (secondary N) is 1. The summed E-state index contributed by atoms with van der Waals surface area (Å²) in [6.45, 7) is 8.11. The van der Waals surface area contributed by atoms with E-state index in [1.165, 1.54) is 6.20 Å². The average molecular weight is 308 g/mol. The van der Waals surface area contributed by atoms with E-state index in [9.17, 15) is 8.42 Å². The van der Waals surface area contributed by atoms with Gasteiger partial charge < -0.3 is 10.3 Å². The molecule has 0 unspecified atom stereocenters. The van der Waals surface area contributed by atoms with Crippen molar-refractivity contribution in [3.8, 4) is 0 Å². The van der Waals surface area contributed by atoms with Crippen molar-refractivity contribution >= 4 is 21.4 Å². The van der Waals surface area contributed by atoms with E-state index < -0.39 is 10.0 Å². The van der Waals surface area contributed by atoms with Gasteiger partial charge in [-0.1, -0.05) is 6.07 Å². The van der Waals surface area contributed by atoms with Crippen molar-refractivity contribution < 1.29 is 8.42 Å². The zero-order valence-corrected chi connectivity index (χ0v) is 13.5. The van der Waals surface area contributed by atoms with E-state index in [4.69, 9.17) is 5.73 Å². The standard InChI is InChI=1S/C14H20N4O2S/c1-5-18-8-13(16-11(18)4)21(19,20)17-14-10(3)9(2)6-7-12(14)15/h6-8,17H,5,15H2,1-4H3. The molecule has 0 fully saturated rings. The van der Waals surface area contributed by atoms with Gasteiger partial charge in [-0.3, -0.25) is 4.72 Å². The van der Waals surface area contributed by atoms with E-state index >= 15 is 0 Å². The molecule has 2 rings (SSSR count). The highest BCUT2D eigenvalue weighted by Gasteiger charge is 2.21. The highest BCUT2D eigenvalue weighted by Crippen LogP contribution is 2.28. The minimum Gasteiger partial charge on any atom is -0.397 e. The summed E-state index contributed by atoms with van der Waals surface area (Å²) < 4.78 is 29.2. The van der Waals surface area contributed by atoms with Crippen LogP contribution in [-0.2, 0) is 16.6 Å². The van der Waals surface area contributed by atoms with Crippen LogP contribution in [0.15, 0.2) is 23.4 Å². The first-order valence-electron chi connectivity index (χ1n) is 6.68. The summed E-state index contributed by atoms with van der Waals surface area (Å²) in [5.74, 6) is 0.659. The molecule has 1 aromatic heterocycles. The van der Waals surface area contributed by atoms with Crippen LogP contribution in [0.3, 0.4) is 0 Å². The summed E-state index contributed by atoms with van der Waals surface area (Å²) in [6.07, 6.45) is 1.53. The predicted molar refractivity (Wildman–Crippen MR) is 83.8 cm³/mol. The van der Waals surface area contributed by atoms with Gasteiger partial charge in [0, 0.05) is 12.7 Å². The number of hydrogen-bond donors (Lipinski definition) is 2. The van der Waals surface area contributed by atoms with Crippen molar-refractivity contribution in [2.75, 3.05) is 10.5 Å². The van der Waals surface area contributed by atoms with Gasteiger partial charge in [-0.2, -0.15) is 8.42 Å². The summed E-state index contributed by atoms with van der Waals surface area (Å²) in [4.78, 5) is 4.10. The lowest BCUT2D eigenvalue weighted by molar-refractivity contribution is 0.598. The number of nitrogens with zero attached hydrogens (tertiary/aromatic N) is 2. The number of nitrogen functional groups attached to an aromatic ring is 1. The minimum atomic E-state index is -3.75. The Labute approximate surface area is 125 Å². The van der Waals surface area contributed by atoms with Crippen molar-refractivity contribution in [3.63, 3.8) is 0 Å². The molecule has 1 aromatic carbocycles. The SMILES string of the molecule is CCn1cc(S(=O)(=O)Nc2c(N)ccc(C)c2C)nc1C. The molecule has 0 aliphatic carbocycles. The first-order valence-corrected chi connectivity index (χ1v) is 8.17. The maximum Gasteiger partial charge on any atom is 0.281 e. The number of hydrogen-bond acceptors (Lipinski definition) is 4. The normalized spacial score (nSPS) is 11.6. The molecule has 0 saturated heterocycles. The zero-order valence-electron chi connectivity index (χ0n) is 12.6. The quantitative estimate of drug-likeness (QED) is 0.847. The first kappa shape index (κ1) is 15.4. The average Bonchev–Trinajstić information content (AvgIpc) is 2.81. The van der Waals surface area contributed by atoms with Crippen LogP contribution in [0, 0.1) is 20.8 Å². The van der Waals surface area contributed by atoms with Gasteiger partial charge in [0.05, 0.1) is 11.4 Å². The molecule has 6 nitrogen and oxygen atoms in total. The Morgan fingerprint density at radius 1 is 1.29 bits per heavy atom. The molecular formula is C14H20N4O2S. The van der Waals surface area contributed by atoms with Crippen LogP contribution in [-0.4, -0.2) is 18.0 Å². The number of aryl methyl sites for hydroxylation is 3. The maximum absolute atomic E-state index is 12.5. The fourth-order valence-electron chi connectivity index (χ4n) is 2.09. The van der Waals surface area contributed by atoms with E-state index in [2.05, 4.69) is 9.71 Å². The van der Waals surface area contributed by atoms with E-state index in [0.717, 1.165) is 11.1 Å². The monoisotopic (exact) mass is 308 g/mol. The Bertz CT molecular complexity index is 779. The summed E-state index contributed by atoms with van der Waals surface area (Å²) in [7, 11) is -3.75. The molecule has 0 spiro atoms. The van der Waals surface area contributed by atoms with Gasteiger partial charge in [0.25, 0.3) is 10.0 Å². The highest BCUT2D eigenvalue weighted by atomic mass is 32.2. The van der Waals surface area contributed by atoms with E-state index in [1.807, 2.05) is 26.8 Å². The number of benzene rings is 1. The molecule has 0 atom stereocenters. The Morgan fingerprint density at radius 2 is 1.95 bits per heavy atom. The predicted octanol–water partition coefficient (Wildman–Crippen LogP) is 2.21. The molecule has 2 aromatic rings. The number of aromatic nitrogens is 2. The highest BCUT2D eigenvalue weighted by molar-refractivity contribution is 7.92. The van der Waals surface area contributed by atoms with Crippen molar-refractivity contribution in [2.24, 2.45) is 0 Å². The van der Waals surface area contributed by atoms with E-state index in [-0.39, 0.29) is 5.03 Å². The topological polar surface area (TPSA) is 90.0 Å². The molecule has 1 heterocycles. The van der Waals surface area contributed by atoms with Crippen molar-refractivity contribution in [1.29, 1.82) is 0 Å². The lowest BCUT2D eigenvalue weighted by atomic mass is 10.1. The van der Waals surface area contributed by atoms with Crippen LogP contribution in [0.1, 0.15) is 23.9 Å². The Kier molecular flexibility index (Phi) is 3.95. The third kappa shape index (κ3) is 2.87. The molecule has 0 bridgehead atoms. The van der Waals surface area contributed by atoms with Gasteiger partial charge in [-0.25, -0.2) is 4.98 Å². The molecular weight excluding hydrogens is 288 g/mol. The molecule has 7 heteroatoms. The van der Waals surface area contributed by atoms with Crippen LogP contribution in [0.4, 0.5) is 11.4 Å². The molecule has 0 amide bonds. The molecule has 0 radical (unpaired) electrons. The second kappa shape index (κ2) is 5.40. The van der Waals surface area contributed by atoms with Gasteiger partial charge in [0.2, 0.25) is 0 Å². The van der Waals surface area contributed by atoms with Gasteiger partial charge >= 0.3 is 0 Å². The first-order chi connectivity index (χ1) is 9.76. The maximum atomic E-state index is 12.5. The summed E-state index contributed by atoms with van der Waals surface area (Å²) in [5, 5.41) is 0.00200. The van der Waals surface area contributed by atoms with Gasteiger partial charge in [0.15, 0.2) is 5.03 Å². The molecule has 3 N–H and O–H groups in total. The number of nitrogens with two attached hydrogens (primary N) is 1. The van der Waals surface area contributed by atoms with Gasteiger partial charge in [-0.15, -0.1) is 0 Å². The van der Waals surface area contributed by atoms with Crippen LogP contribution in [0.2, 0.25) is 0 Å². The van der Waals surface area contributed by atoms with E-state index in [1.54, 1.807) is 17.6 Å². The van der Waals surface area contributed by atoms with Gasteiger partial charge in [0.1, 0.15) is 5.82 Å². The lowest BCUT2D eigenvalue weighted by Crippen LogP contribution is -2.16. The largest absolute Gasteiger partial charge is 0.397 e. The third-order valence-corrected chi connectivity index (χ3v) is 4.79. The number of anilines is 2. The Hall–Kier alpha value is -2.02. The van der Waals surface area contributed by atoms with Crippen LogP contribution in [0.25, 0.3) is 0 Å². The second-order valence-corrected chi connectivity index (χ2v) is 6.62. The smallest absolute Gasteiger partial charge is 0.281 e. The summed E-state index contributed by atoms with van der Waals surface area (Å²) in [5.41, 5.74) is 8.48. The third-order valence-electron chi connectivity index (χ3n) is 3.57. The lowest BCUT2D eigenvalue weighted by Gasteiger charge is -2.13. The minimum absolute atomic E-state index is 0.00200. The fourth-order valence-corrected chi connectivity index (χ4v) is 3.25. The van der Waals surface area contributed by atoms with Crippen molar-refractivity contribution in [3.05, 3.63) is 35.3 Å². The van der Waals surface area contributed by atoms with Crippen LogP contribution < -0.4 is 10.5 Å². The Balaban J connectivity index is 2.44. The molecule has 0 saturated carbocycles. The summed E-state index contributed by atoms with van der Waals surface area (Å²) >= 11 is 0. The number of rotatable bonds is 4. The van der Waals surface area contributed by atoms with Crippen LogP contribution >= 0.6 is 0 Å². The molecule has 21 heavy (non-hydrogen) atoms. The van der Waals surface area contributed by atoms with Gasteiger partial charge in [-0.05, 0) is 44.9 Å². The number of sulfonamides is 1. The molecule has 114 valence electrons. The zero-order chi connectivity index (χ0) is 15.8. The van der Waals surface area contributed by atoms with Crippen molar-refractivity contribution in [1.82, 2.24) is 9.55 Å². The van der Waals surface area contributed by atoms with Crippen molar-refractivity contribution in [2.45, 2.75) is 39.3 Å². The summed E-state index contributed by atoms with van der Waals surface area (Å²) in [6, 6.07) is 3.55. The second-order valence-electron chi connectivity index (χ2n) is 4.99. The van der Waals surface area contributed by atoms with Crippen LogP contribution in [0.5, 0.6) is 0 Å².